The zero-order valence-electron chi connectivity index (χ0n) is 23.1. The largest absolute Gasteiger partial charge is 0.481 e. The van der Waals surface area contributed by atoms with Gasteiger partial charge >= 0.3 is 30.3 Å². The Morgan fingerprint density at radius 3 is 2.02 bits per heavy atom. The maximum absolute atomic E-state index is 15.3. The van der Waals surface area contributed by atoms with E-state index in [0.29, 0.717) is 11.1 Å². The highest BCUT2D eigenvalue weighted by atomic mass is 28.3. The second-order valence-electron chi connectivity index (χ2n) is 10.1. The van der Waals surface area contributed by atoms with Crippen LogP contribution in [-0.2, 0) is 45.1 Å². The molecule has 2 rings (SSSR count). The summed E-state index contributed by atoms with van der Waals surface area (Å²) in [5.74, 6) is -7.07. The summed E-state index contributed by atoms with van der Waals surface area (Å²) in [6.45, 7) is 9.97. The van der Waals surface area contributed by atoms with Crippen LogP contribution in [0.5, 0.6) is 0 Å². The maximum Gasteiger partial charge on any atom is 0.388 e. The van der Waals surface area contributed by atoms with Gasteiger partial charge in [0, 0.05) is 5.56 Å². The maximum atomic E-state index is 15.3. The molecule has 15 heteroatoms. The number of hydrogen-bond donors (Lipinski definition) is 2. The first-order valence-electron chi connectivity index (χ1n) is 12.3. The number of esters is 2. The Balaban J connectivity index is 2.70. The molecule has 13 nitrogen and oxygen atoms in total. The lowest BCUT2D eigenvalue weighted by Crippen LogP contribution is -2.46. The lowest BCUT2D eigenvalue weighted by atomic mass is 9.81. The van der Waals surface area contributed by atoms with E-state index in [4.69, 9.17) is 24.1 Å². The van der Waals surface area contributed by atoms with Crippen molar-refractivity contribution in [3.63, 3.8) is 0 Å². The highest BCUT2D eigenvalue weighted by Crippen LogP contribution is 2.37. The van der Waals surface area contributed by atoms with Crippen molar-refractivity contribution < 1.29 is 52.7 Å². The van der Waals surface area contributed by atoms with Gasteiger partial charge in [0.05, 0.1) is 6.61 Å². The van der Waals surface area contributed by atoms with Gasteiger partial charge in [-0.25, -0.2) is 14.5 Å². The molecule has 0 atom stereocenters. The molecule has 0 radical (unpaired) electrons. The van der Waals surface area contributed by atoms with E-state index in [1.807, 2.05) is 39.9 Å². The van der Waals surface area contributed by atoms with Crippen molar-refractivity contribution in [2.75, 3.05) is 5.01 Å². The fraction of sp³-hybridized carbons (Fsp3) is 0.385. The van der Waals surface area contributed by atoms with Crippen LogP contribution < -0.4 is 5.01 Å². The van der Waals surface area contributed by atoms with Crippen molar-refractivity contribution in [3.05, 3.63) is 63.5 Å². The molecule has 0 aliphatic rings. The van der Waals surface area contributed by atoms with Crippen LogP contribution in [0, 0.1) is 15.9 Å². The molecule has 0 aromatic heterocycles. The molecule has 0 bridgehead atoms. The average Bonchev–Trinajstić information content (AvgIpc) is 2.81. The van der Waals surface area contributed by atoms with Gasteiger partial charge in [0.1, 0.15) is 24.3 Å². The SMILES string of the molecule is C[SiH](C)OCc1c(-c2cc(N(C(OC(=O)CC(=O)O)OC(=O)CC(=O)O)[N+](=O)[O-])ccc2F)cccc1C(C)(C)C. The fourth-order valence-corrected chi connectivity index (χ4v) is 4.28. The molecule has 0 heterocycles. The summed E-state index contributed by atoms with van der Waals surface area (Å²) in [6, 6.07) is 8.13. The Morgan fingerprint density at radius 1 is 1.00 bits per heavy atom. The predicted octanol–water partition coefficient (Wildman–Crippen LogP) is 3.61. The van der Waals surface area contributed by atoms with Crippen molar-refractivity contribution in [1.82, 2.24) is 0 Å². The number of carbonyl (C=O) groups is 4. The van der Waals surface area contributed by atoms with Crippen molar-refractivity contribution in [2.45, 2.75) is 65.1 Å². The number of carboxylic acids is 2. The lowest BCUT2D eigenvalue weighted by molar-refractivity contribution is -0.519. The number of benzene rings is 2. The molecule has 2 aromatic carbocycles. The third kappa shape index (κ3) is 9.35. The summed E-state index contributed by atoms with van der Waals surface area (Å²) in [4.78, 5) is 58.0. The Hall–Kier alpha value is -4.37. The molecule has 41 heavy (non-hydrogen) atoms. The number of hydrazine groups is 1. The molecule has 0 aliphatic heterocycles. The molecule has 0 fully saturated rings. The number of ether oxygens (including phenoxy) is 2. The second kappa shape index (κ2) is 13.8. The highest BCUT2D eigenvalue weighted by Gasteiger charge is 2.37. The van der Waals surface area contributed by atoms with Gasteiger partial charge in [0.15, 0.2) is 14.1 Å². The van der Waals surface area contributed by atoms with Crippen molar-refractivity contribution in [3.8, 4) is 11.1 Å². The van der Waals surface area contributed by atoms with Crippen LogP contribution in [0.25, 0.3) is 11.1 Å². The molecule has 0 spiro atoms. The second-order valence-corrected chi connectivity index (χ2v) is 12.5. The minimum atomic E-state index is -2.52. The van der Waals surface area contributed by atoms with E-state index in [-0.39, 0.29) is 22.6 Å². The van der Waals surface area contributed by atoms with Crippen molar-refractivity contribution in [2.24, 2.45) is 0 Å². The molecular weight excluding hydrogens is 563 g/mol. The van der Waals surface area contributed by atoms with E-state index < -0.39 is 68.7 Å². The van der Waals surface area contributed by atoms with E-state index in [9.17, 15) is 29.3 Å². The number of anilines is 1. The highest BCUT2D eigenvalue weighted by molar-refractivity contribution is 6.48. The summed E-state index contributed by atoms with van der Waals surface area (Å²) in [7, 11) is -1.52. The number of hydrogen-bond acceptors (Lipinski definition) is 9. The van der Waals surface area contributed by atoms with E-state index in [0.717, 1.165) is 23.8 Å². The predicted molar refractivity (Wildman–Crippen MR) is 144 cm³/mol. The minimum absolute atomic E-state index is 0.0489. The Labute approximate surface area is 236 Å². The molecule has 2 aromatic rings. The summed E-state index contributed by atoms with van der Waals surface area (Å²) in [5.41, 5.74) is 0.990. The third-order valence-electron chi connectivity index (χ3n) is 5.48. The Bertz CT molecular complexity index is 1300. The van der Waals surface area contributed by atoms with Gasteiger partial charge in [-0.3, -0.25) is 19.2 Å². The number of halogens is 1. The molecule has 0 unspecified atom stereocenters. The van der Waals surface area contributed by atoms with Gasteiger partial charge in [-0.2, -0.15) is 0 Å². The lowest BCUT2D eigenvalue weighted by Gasteiger charge is -2.26. The van der Waals surface area contributed by atoms with Gasteiger partial charge in [0.2, 0.25) is 0 Å². The number of carboxylic acid groups (broad SMARTS) is 2. The number of nitrogens with zero attached hydrogens (tertiary/aromatic N) is 2. The van der Waals surface area contributed by atoms with Gasteiger partial charge in [-0.05, 0) is 58.4 Å². The average molecular weight is 595 g/mol. The van der Waals surface area contributed by atoms with E-state index in [2.05, 4.69) is 0 Å². The van der Waals surface area contributed by atoms with E-state index >= 15 is 4.39 Å². The summed E-state index contributed by atoms with van der Waals surface area (Å²) < 4.78 is 30.7. The summed E-state index contributed by atoms with van der Waals surface area (Å²) in [6.07, 6.45) is -5.00. The van der Waals surface area contributed by atoms with Gasteiger partial charge in [-0.15, -0.1) is 0 Å². The molecule has 0 saturated heterocycles. The van der Waals surface area contributed by atoms with Gasteiger partial charge in [-0.1, -0.05) is 39.0 Å². The van der Waals surface area contributed by atoms with Crippen LogP contribution in [-0.4, -0.2) is 54.6 Å². The number of aliphatic carboxylic acids is 2. The van der Waals surface area contributed by atoms with Crippen LogP contribution in [0.4, 0.5) is 10.1 Å². The topological polar surface area (TPSA) is 183 Å². The molecule has 2 N–H and O–H groups in total. The molecule has 0 aliphatic carbocycles. The first-order valence-corrected chi connectivity index (χ1v) is 15.1. The zero-order chi connectivity index (χ0) is 31.1. The number of nitro groups is 1. The quantitative estimate of drug-likeness (QED) is 0.0859. The van der Waals surface area contributed by atoms with Gasteiger partial charge in [0.25, 0.3) is 0 Å². The third-order valence-corrected chi connectivity index (χ3v) is 6.31. The molecule has 222 valence electrons. The summed E-state index contributed by atoms with van der Waals surface area (Å²) >= 11 is 0. The normalized spacial score (nSPS) is 11.3. The van der Waals surface area contributed by atoms with Crippen LogP contribution in [0.1, 0.15) is 44.7 Å². The Morgan fingerprint density at radius 2 is 1.56 bits per heavy atom. The molecule has 0 amide bonds. The minimum Gasteiger partial charge on any atom is -0.481 e. The van der Waals surface area contributed by atoms with E-state index in [1.165, 1.54) is 0 Å². The van der Waals surface area contributed by atoms with Crippen molar-refractivity contribution in [1.29, 1.82) is 0 Å². The monoisotopic (exact) mass is 594 g/mol. The molecule has 0 saturated carbocycles. The van der Waals surface area contributed by atoms with Crippen LogP contribution >= 0.6 is 0 Å². The first kappa shape index (κ1) is 32.8. The number of rotatable bonds is 13. The fourth-order valence-electron chi connectivity index (χ4n) is 3.78. The summed E-state index contributed by atoms with van der Waals surface area (Å²) in [5, 5.41) is 28.7. The zero-order valence-corrected chi connectivity index (χ0v) is 24.2. The van der Waals surface area contributed by atoms with Gasteiger partial charge < -0.3 is 24.1 Å². The van der Waals surface area contributed by atoms with Crippen LogP contribution in [0.3, 0.4) is 0 Å². The molecular formula is C26H31FN2O11Si. The number of carbonyl (C=O) groups excluding carboxylic acids is 2. The smallest absolute Gasteiger partial charge is 0.388 e. The Kier molecular flexibility index (Phi) is 11.1. The standard InChI is InChI=1S/C26H31FN2O11Si/c1-26(2,3)19-8-6-7-16(18(19)14-38-41(4)5)17-11-15(9-10-20(17)27)28(29(36)37)25(39-23(34)12-21(30)31)40-24(35)13-22(32)33/h6-11,25,41H,12-14H2,1-5H3,(H,30,31)(H,32,33). The van der Waals surface area contributed by atoms with Crippen LogP contribution in [0.2, 0.25) is 13.1 Å². The van der Waals surface area contributed by atoms with Crippen molar-refractivity contribution >= 4 is 38.6 Å². The first-order chi connectivity index (χ1) is 19.0. The van der Waals surface area contributed by atoms with Crippen LogP contribution in [0.15, 0.2) is 36.4 Å². The van der Waals surface area contributed by atoms with E-state index in [1.54, 1.807) is 12.1 Å².